The van der Waals surface area contributed by atoms with Crippen molar-refractivity contribution in [3.63, 3.8) is 0 Å². The van der Waals surface area contributed by atoms with E-state index in [0.29, 0.717) is 32.9 Å². The van der Waals surface area contributed by atoms with Crippen LogP contribution < -0.4 is 4.90 Å². The van der Waals surface area contributed by atoms with Crippen LogP contribution in [-0.2, 0) is 20.8 Å². The van der Waals surface area contributed by atoms with Crippen LogP contribution in [-0.4, -0.2) is 50.4 Å². The van der Waals surface area contributed by atoms with Crippen LogP contribution in [0.1, 0.15) is 19.6 Å². The predicted octanol–water partition coefficient (Wildman–Crippen LogP) is 3.06. The molecule has 1 aromatic heterocycles. The summed E-state index contributed by atoms with van der Waals surface area (Å²) in [5, 5.41) is 10.4. The first-order valence-electron chi connectivity index (χ1n) is 9.04. The minimum Gasteiger partial charge on any atom is -0.467 e. The molecule has 6 nitrogen and oxygen atoms in total. The van der Waals surface area contributed by atoms with E-state index in [4.69, 9.17) is 18.6 Å². The molecule has 0 aliphatic carbocycles. The quantitative estimate of drug-likeness (QED) is 0.552. The van der Waals surface area contributed by atoms with Gasteiger partial charge in [-0.2, -0.15) is 0 Å². The third kappa shape index (κ3) is 7.17. The van der Waals surface area contributed by atoms with Gasteiger partial charge in [0.1, 0.15) is 12.4 Å². The van der Waals surface area contributed by atoms with Gasteiger partial charge in [-0.05, 0) is 38.1 Å². The Hall–Kier alpha value is -1.86. The highest BCUT2D eigenvalue weighted by Crippen LogP contribution is 2.16. The Morgan fingerprint density at radius 2 is 1.73 bits per heavy atom. The zero-order valence-corrected chi connectivity index (χ0v) is 15.5. The maximum absolute atomic E-state index is 10.4. The summed E-state index contributed by atoms with van der Waals surface area (Å²) in [4.78, 5) is 2.05. The summed E-state index contributed by atoms with van der Waals surface area (Å²) in [5.74, 6) is 0.741. The summed E-state index contributed by atoms with van der Waals surface area (Å²) in [6, 6.07) is 13.6. The van der Waals surface area contributed by atoms with Gasteiger partial charge < -0.3 is 28.6 Å². The van der Waals surface area contributed by atoms with Gasteiger partial charge in [-0.1, -0.05) is 18.2 Å². The zero-order chi connectivity index (χ0) is 18.6. The molecule has 0 saturated heterocycles. The van der Waals surface area contributed by atoms with Crippen LogP contribution in [0.5, 0.6) is 0 Å². The number of benzene rings is 1. The molecular weight excluding hydrogens is 334 g/mol. The number of aliphatic hydroxyl groups is 1. The van der Waals surface area contributed by atoms with E-state index in [1.807, 2.05) is 56.3 Å². The number of aliphatic hydroxyl groups excluding tert-OH is 1. The van der Waals surface area contributed by atoms with Crippen molar-refractivity contribution in [1.29, 1.82) is 0 Å². The SMILES string of the molecule is CCOC(CN(CC(O)COCc1ccco1)c1ccccc1)OCC. The van der Waals surface area contributed by atoms with E-state index in [1.165, 1.54) is 0 Å². The summed E-state index contributed by atoms with van der Waals surface area (Å²) in [5.41, 5.74) is 1.00. The lowest BCUT2D eigenvalue weighted by Crippen LogP contribution is -2.41. The molecule has 2 aromatic rings. The monoisotopic (exact) mass is 363 g/mol. The van der Waals surface area contributed by atoms with E-state index in [-0.39, 0.29) is 12.9 Å². The molecular formula is C20H29NO5. The molecule has 0 amide bonds. The van der Waals surface area contributed by atoms with Crippen molar-refractivity contribution in [2.75, 3.05) is 37.8 Å². The predicted molar refractivity (Wildman–Crippen MR) is 100 cm³/mol. The fraction of sp³-hybridized carbons (Fsp3) is 0.500. The largest absolute Gasteiger partial charge is 0.467 e. The van der Waals surface area contributed by atoms with Gasteiger partial charge in [0.05, 0.1) is 25.5 Å². The molecule has 1 atom stereocenters. The molecule has 0 saturated carbocycles. The van der Waals surface area contributed by atoms with Crippen LogP contribution in [0.15, 0.2) is 53.1 Å². The summed E-state index contributed by atoms with van der Waals surface area (Å²) >= 11 is 0. The summed E-state index contributed by atoms with van der Waals surface area (Å²) in [6.45, 7) is 6.53. The lowest BCUT2D eigenvalue weighted by molar-refractivity contribution is -0.130. The maximum atomic E-state index is 10.4. The summed E-state index contributed by atoms with van der Waals surface area (Å²) in [6.07, 6.45) is 0.615. The van der Waals surface area contributed by atoms with E-state index in [2.05, 4.69) is 4.90 Å². The lowest BCUT2D eigenvalue weighted by atomic mass is 10.2. The Balaban J connectivity index is 1.91. The van der Waals surface area contributed by atoms with Gasteiger partial charge in [-0.25, -0.2) is 0 Å². The summed E-state index contributed by atoms with van der Waals surface area (Å²) < 4.78 is 22.1. The minimum atomic E-state index is -0.644. The number of furan rings is 1. The molecule has 1 unspecified atom stereocenters. The van der Waals surface area contributed by atoms with Crippen LogP contribution in [0.3, 0.4) is 0 Å². The number of nitrogens with zero attached hydrogens (tertiary/aromatic N) is 1. The molecule has 0 aliphatic rings. The topological polar surface area (TPSA) is 64.3 Å². The second kappa shape index (κ2) is 11.7. The van der Waals surface area contributed by atoms with Crippen molar-refractivity contribution >= 4 is 5.69 Å². The first kappa shape index (κ1) is 20.5. The van der Waals surface area contributed by atoms with Crippen LogP contribution in [0, 0.1) is 0 Å². The molecule has 144 valence electrons. The van der Waals surface area contributed by atoms with Crippen LogP contribution in [0.2, 0.25) is 0 Å². The molecule has 0 aliphatic heterocycles. The number of rotatable bonds is 13. The molecule has 0 bridgehead atoms. The van der Waals surface area contributed by atoms with Crippen LogP contribution in [0.25, 0.3) is 0 Å². The Bertz CT molecular complexity index is 569. The third-order valence-electron chi connectivity index (χ3n) is 3.76. The van der Waals surface area contributed by atoms with E-state index in [1.54, 1.807) is 6.26 Å². The molecule has 0 radical (unpaired) electrons. The van der Waals surface area contributed by atoms with E-state index >= 15 is 0 Å². The number of hydrogen-bond acceptors (Lipinski definition) is 6. The molecule has 0 fully saturated rings. The van der Waals surface area contributed by atoms with Crippen molar-refractivity contribution in [2.24, 2.45) is 0 Å². The van der Waals surface area contributed by atoms with Crippen molar-refractivity contribution in [3.8, 4) is 0 Å². The van der Waals surface area contributed by atoms with Gasteiger partial charge in [0, 0.05) is 25.4 Å². The summed E-state index contributed by atoms with van der Waals surface area (Å²) in [7, 11) is 0. The normalized spacial score (nSPS) is 12.5. The average Bonchev–Trinajstić information content (AvgIpc) is 3.16. The smallest absolute Gasteiger partial charge is 0.174 e. The molecule has 1 N–H and O–H groups in total. The van der Waals surface area contributed by atoms with Gasteiger partial charge in [-0.15, -0.1) is 0 Å². The van der Waals surface area contributed by atoms with Crippen LogP contribution in [0.4, 0.5) is 5.69 Å². The number of ether oxygens (including phenoxy) is 3. The minimum absolute atomic E-state index is 0.220. The highest BCUT2D eigenvalue weighted by atomic mass is 16.7. The van der Waals surface area contributed by atoms with E-state index < -0.39 is 6.10 Å². The second-order valence-electron chi connectivity index (χ2n) is 5.83. The fourth-order valence-corrected chi connectivity index (χ4v) is 2.63. The average molecular weight is 363 g/mol. The molecule has 0 spiro atoms. The highest BCUT2D eigenvalue weighted by Gasteiger charge is 2.18. The zero-order valence-electron chi connectivity index (χ0n) is 15.5. The second-order valence-corrected chi connectivity index (χ2v) is 5.83. The van der Waals surface area contributed by atoms with Crippen molar-refractivity contribution in [3.05, 3.63) is 54.5 Å². The molecule has 6 heteroatoms. The number of hydrogen-bond donors (Lipinski definition) is 1. The first-order chi connectivity index (χ1) is 12.7. The molecule has 26 heavy (non-hydrogen) atoms. The number of anilines is 1. The Morgan fingerprint density at radius 3 is 2.35 bits per heavy atom. The van der Waals surface area contributed by atoms with Gasteiger partial charge in [-0.3, -0.25) is 0 Å². The molecule has 1 heterocycles. The van der Waals surface area contributed by atoms with Gasteiger partial charge in [0.15, 0.2) is 6.29 Å². The van der Waals surface area contributed by atoms with Gasteiger partial charge in [0.2, 0.25) is 0 Å². The highest BCUT2D eigenvalue weighted by molar-refractivity contribution is 5.46. The van der Waals surface area contributed by atoms with Crippen molar-refractivity contribution in [2.45, 2.75) is 32.8 Å². The van der Waals surface area contributed by atoms with E-state index in [0.717, 1.165) is 11.4 Å². The maximum Gasteiger partial charge on any atom is 0.174 e. The van der Waals surface area contributed by atoms with Gasteiger partial charge >= 0.3 is 0 Å². The third-order valence-corrected chi connectivity index (χ3v) is 3.76. The Labute approximate surface area is 155 Å². The first-order valence-corrected chi connectivity index (χ1v) is 9.04. The fourth-order valence-electron chi connectivity index (χ4n) is 2.63. The number of para-hydroxylation sites is 1. The molecule has 2 rings (SSSR count). The Kier molecular flexibility index (Phi) is 9.20. The Morgan fingerprint density at radius 1 is 1.00 bits per heavy atom. The van der Waals surface area contributed by atoms with Crippen molar-refractivity contribution in [1.82, 2.24) is 0 Å². The lowest BCUT2D eigenvalue weighted by Gasteiger charge is -2.30. The van der Waals surface area contributed by atoms with E-state index in [9.17, 15) is 5.11 Å². The van der Waals surface area contributed by atoms with Gasteiger partial charge in [0.25, 0.3) is 0 Å². The standard InChI is InChI=1S/C20H29NO5/c1-3-24-20(25-4-2)14-21(17-9-6-5-7-10-17)13-18(22)15-23-16-19-11-8-12-26-19/h5-12,18,20,22H,3-4,13-16H2,1-2H3. The van der Waals surface area contributed by atoms with Crippen molar-refractivity contribution < 1.29 is 23.7 Å². The molecule has 1 aromatic carbocycles. The van der Waals surface area contributed by atoms with Crippen LogP contribution >= 0.6 is 0 Å².